The molecule has 0 unspecified atom stereocenters. The lowest BCUT2D eigenvalue weighted by Crippen LogP contribution is -2.40. The first kappa shape index (κ1) is 27.6. The number of esters is 1. The maximum Gasteiger partial charge on any atom is 0.309 e. The van der Waals surface area contributed by atoms with E-state index >= 15 is 0 Å². The van der Waals surface area contributed by atoms with E-state index in [-0.39, 0.29) is 17.8 Å². The number of carbonyl (C=O) groups is 2. The van der Waals surface area contributed by atoms with E-state index in [1.54, 1.807) is 11.8 Å². The van der Waals surface area contributed by atoms with Crippen LogP contribution in [0.3, 0.4) is 0 Å². The van der Waals surface area contributed by atoms with Crippen molar-refractivity contribution in [3.8, 4) is 11.3 Å². The van der Waals surface area contributed by atoms with Gasteiger partial charge in [0.2, 0.25) is 0 Å². The molecule has 1 aliphatic heterocycles. The number of hydrogen-bond acceptors (Lipinski definition) is 7. The molecular formula is C30H36N4O3S. The summed E-state index contributed by atoms with van der Waals surface area (Å²) in [5, 5.41) is 0.734. The zero-order valence-electron chi connectivity index (χ0n) is 22.4. The molecule has 0 saturated carbocycles. The second-order valence-electron chi connectivity index (χ2n) is 9.24. The van der Waals surface area contributed by atoms with Crippen molar-refractivity contribution in [1.29, 1.82) is 0 Å². The Kier molecular flexibility index (Phi) is 9.76. The van der Waals surface area contributed by atoms with Crippen LogP contribution in [-0.4, -0.2) is 59.5 Å². The van der Waals surface area contributed by atoms with Gasteiger partial charge in [0.15, 0.2) is 5.16 Å². The molecule has 7 nitrogen and oxygen atoms in total. The summed E-state index contributed by atoms with van der Waals surface area (Å²) in [4.78, 5) is 38.7. The molecule has 0 radical (unpaired) electrons. The third-order valence-electron chi connectivity index (χ3n) is 6.82. The van der Waals surface area contributed by atoms with Gasteiger partial charge >= 0.3 is 5.97 Å². The number of benzene rings is 2. The number of hydrogen-bond donors (Lipinski definition) is 0. The minimum absolute atomic E-state index is 0.00859. The van der Waals surface area contributed by atoms with Crippen LogP contribution >= 0.6 is 11.8 Å². The smallest absolute Gasteiger partial charge is 0.309 e. The number of nitrogens with zero attached hydrogens (tertiary/aromatic N) is 4. The van der Waals surface area contributed by atoms with Gasteiger partial charge in [-0.3, -0.25) is 9.59 Å². The van der Waals surface area contributed by atoms with Gasteiger partial charge in [0.25, 0.3) is 5.91 Å². The van der Waals surface area contributed by atoms with E-state index in [0.717, 1.165) is 40.9 Å². The zero-order chi connectivity index (χ0) is 26.9. The second-order valence-corrected chi connectivity index (χ2v) is 10.2. The molecule has 0 atom stereocenters. The van der Waals surface area contributed by atoms with Crippen LogP contribution in [0, 0.1) is 5.92 Å². The monoisotopic (exact) mass is 532 g/mol. The molecule has 1 fully saturated rings. The summed E-state index contributed by atoms with van der Waals surface area (Å²) in [6.07, 6.45) is 1.30. The molecule has 200 valence electrons. The second kappa shape index (κ2) is 13.4. The van der Waals surface area contributed by atoms with E-state index in [4.69, 9.17) is 14.7 Å². The minimum Gasteiger partial charge on any atom is -0.466 e. The van der Waals surface area contributed by atoms with Gasteiger partial charge in [0, 0.05) is 49.1 Å². The van der Waals surface area contributed by atoms with Crippen molar-refractivity contribution in [2.75, 3.05) is 37.7 Å². The van der Waals surface area contributed by atoms with Crippen molar-refractivity contribution >= 4 is 29.5 Å². The van der Waals surface area contributed by atoms with Crippen molar-refractivity contribution in [2.45, 2.75) is 44.5 Å². The molecule has 1 aromatic heterocycles. The minimum atomic E-state index is -0.149. The van der Waals surface area contributed by atoms with Gasteiger partial charge in [0.05, 0.1) is 18.2 Å². The molecule has 0 aliphatic carbocycles. The Labute approximate surface area is 229 Å². The summed E-state index contributed by atoms with van der Waals surface area (Å²) < 4.78 is 5.13. The van der Waals surface area contributed by atoms with E-state index in [2.05, 4.69) is 36.9 Å². The zero-order valence-corrected chi connectivity index (χ0v) is 23.2. The van der Waals surface area contributed by atoms with Crippen LogP contribution < -0.4 is 4.90 Å². The third kappa shape index (κ3) is 6.92. The molecule has 1 aliphatic rings. The number of piperidine rings is 1. The van der Waals surface area contributed by atoms with Crippen molar-refractivity contribution in [3.63, 3.8) is 0 Å². The Hall–Kier alpha value is -3.39. The van der Waals surface area contributed by atoms with Crippen LogP contribution in [0.15, 0.2) is 65.8 Å². The lowest BCUT2D eigenvalue weighted by molar-refractivity contribution is -0.149. The van der Waals surface area contributed by atoms with Gasteiger partial charge < -0.3 is 14.5 Å². The highest BCUT2D eigenvalue weighted by Gasteiger charge is 2.28. The van der Waals surface area contributed by atoms with E-state index < -0.39 is 0 Å². The predicted molar refractivity (Wildman–Crippen MR) is 152 cm³/mol. The molecule has 4 rings (SSSR count). The maximum absolute atomic E-state index is 13.0. The standard InChI is InChI=1S/C30H36N4O3S/c1-4-33(5-2)27-20-26(23-10-8-7-9-11-23)31-30(32-27)38-21-22-12-14-24(15-13-22)28(35)34-18-16-25(17-19-34)29(36)37-6-3/h7-15,20,25H,4-6,16-19,21H2,1-3H3. The third-order valence-corrected chi connectivity index (χ3v) is 7.74. The Morgan fingerprint density at radius 1 is 0.974 bits per heavy atom. The van der Waals surface area contributed by atoms with E-state index in [1.807, 2.05) is 54.3 Å². The topological polar surface area (TPSA) is 75.6 Å². The van der Waals surface area contributed by atoms with Crippen molar-refractivity contribution in [1.82, 2.24) is 14.9 Å². The first-order valence-corrected chi connectivity index (χ1v) is 14.4. The van der Waals surface area contributed by atoms with Gasteiger partial charge in [-0.25, -0.2) is 9.97 Å². The van der Waals surface area contributed by atoms with Crippen LogP contribution in [0.1, 0.15) is 49.5 Å². The predicted octanol–water partition coefficient (Wildman–Crippen LogP) is 5.70. The van der Waals surface area contributed by atoms with Crippen LogP contribution in [0.2, 0.25) is 0 Å². The Bertz CT molecular complexity index is 1210. The largest absolute Gasteiger partial charge is 0.466 e. The number of carbonyl (C=O) groups excluding carboxylic acids is 2. The maximum atomic E-state index is 13.0. The van der Waals surface area contributed by atoms with E-state index in [1.165, 1.54) is 0 Å². The molecular weight excluding hydrogens is 496 g/mol. The molecule has 2 aromatic carbocycles. The number of anilines is 1. The van der Waals surface area contributed by atoms with Crippen LogP contribution in [0.25, 0.3) is 11.3 Å². The van der Waals surface area contributed by atoms with Crippen LogP contribution in [0.4, 0.5) is 5.82 Å². The average Bonchev–Trinajstić information content (AvgIpc) is 2.97. The van der Waals surface area contributed by atoms with Crippen LogP contribution in [-0.2, 0) is 15.3 Å². The highest BCUT2D eigenvalue weighted by Crippen LogP contribution is 2.28. The molecule has 0 N–H and O–H groups in total. The molecule has 38 heavy (non-hydrogen) atoms. The van der Waals surface area contributed by atoms with Gasteiger partial charge in [0.1, 0.15) is 5.82 Å². The Balaban J connectivity index is 1.40. The summed E-state index contributed by atoms with van der Waals surface area (Å²) in [5.74, 6) is 1.38. The van der Waals surface area contributed by atoms with Gasteiger partial charge in [-0.1, -0.05) is 54.2 Å². The van der Waals surface area contributed by atoms with Crippen molar-refractivity contribution in [3.05, 3.63) is 71.8 Å². The fraction of sp³-hybridized carbons (Fsp3) is 0.400. The van der Waals surface area contributed by atoms with Crippen molar-refractivity contribution < 1.29 is 14.3 Å². The summed E-state index contributed by atoms with van der Waals surface area (Å²) in [7, 11) is 0. The summed E-state index contributed by atoms with van der Waals surface area (Å²) in [6.45, 7) is 9.37. The van der Waals surface area contributed by atoms with E-state index in [0.29, 0.717) is 43.9 Å². The number of likely N-dealkylation sites (tertiary alicyclic amines) is 1. The van der Waals surface area contributed by atoms with Gasteiger partial charge in [-0.15, -0.1) is 0 Å². The summed E-state index contributed by atoms with van der Waals surface area (Å²) in [6, 6.07) is 20.0. The average molecular weight is 533 g/mol. The van der Waals surface area contributed by atoms with Gasteiger partial charge in [-0.2, -0.15) is 0 Å². The fourth-order valence-corrected chi connectivity index (χ4v) is 5.41. The molecule has 2 heterocycles. The highest BCUT2D eigenvalue weighted by atomic mass is 32.2. The van der Waals surface area contributed by atoms with Crippen LogP contribution in [0.5, 0.6) is 0 Å². The first-order chi connectivity index (χ1) is 18.5. The quantitative estimate of drug-likeness (QED) is 0.188. The van der Waals surface area contributed by atoms with E-state index in [9.17, 15) is 9.59 Å². The number of amides is 1. The molecule has 0 spiro atoms. The lowest BCUT2D eigenvalue weighted by Gasteiger charge is -2.31. The SMILES string of the molecule is CCOC(=O)C1CCN(C(=O)c2ccc(CSc3nc(-c4ccccc4)cc(N(CC)CC)n3)cc2)CC1. The number of thioether (sulfide) groups is 1. The van der Waals surface area contributed by atoms with Crippen molar-refractivity contribution in [2.24, 2.45) is 5.92 Å². The normalized spacial score (nSPS) is 13.8. The molecule has 0 bridgehead atoms. The first-order valence-electron chi connectivity index (χ1n) is 13.4. The molecule has 1 amide bonds. The van der Waals surface area contributed by atoms with Gasteiger partial charge in [-0.05, 0) is 51.3 Å². The fourth-order valence-electron chi connectivity index (χ4n) is 4.60. The molecule has 8 heteroatoms. The Morgan fingerprint density at radius 2 is 1.66 bits per heavy atom. The summed E-state index contributed by atoms with van der Waals surface area (Å²) in [5.41, 5.74) is 3.75. The Morgan fingerprint density at radius 3 is 2.29 bits per heavy atom. The molecule has 3 aromatic rings. The number of aromatic nitrogens is 2. The summed E-state index contributed by atoms with van der Waals surface area (Å²) >= 11 is 1.60. The highest BCUT2D eigenvalue weighted by molar-refractivity contribution is 7.98. The number of ether oxygens (including phenoxy) is 1. The molecule has 1 saturated heterocycles. The lowest BCUT2D eigenvalue weighted by atomic mass is 9.96. The number of rotatable bonds is 10.